The Morgan fingerprint density at radius 2 is 2.06 bits per heavy atom. The molecule has 0 radical (unpaired) electrons. The van der Waals surface area contributed by atoms with Gasteiger partial charge in [0.25, 0.3) is 6.47 Å². The average Bonchev–Trinajstić information content (AvgIpc) is 2.71. The van der Waals surface area contributed by atoms with Crippen LogP contribution in [0.3, 0.4) is 0 Å². The first-order valence-electron chi connectivity index (χ1n) is 5.87. The van der Waals surface area contributed by atoms with Crippen molar-refractivity contribution >= 4 is 6.47 Å². The summed E-state index contributed by atoms with van der Waals surface area (Å²) in [5, 5.41) is 7.10. The van der Waals surface area contributed by atoms with Gasteiger partial charge in [0.05, 0.1) is 5.69 Å². The van der Waals surface area contributed by atoms with Gasteiger partial charge in [0, 0.05) is 12.1 Å². The minimum absolute atomic E-state index is 0.265. The molecule has 0 aliphatic rings. The third-order valence-electron chi connectivity index (χ3n) is 3.06. The smallest absolute Gasteiger partial charge is 0.293 e. The lowest BCUT2D eigenvalue weighted by atomic mass is 10.00. The van der Waals surface area contributed by atoms with Gasteiger partial charge in [-0.2, -0.15) is 5.10 Å². The van der Waals surface area contributed by atoms with E-state index in [0.717, 1.165) is 22.5 Å². The zero-order chi connectivity index (χ0) is 13.0. The molecule has 4 heteroatoms. The van der Waals surface area contributed by atoms with Crippen LogP contribution in [0.2, 0.25) is 0 Å². The van der Waals surface area contributed by atoms with Gasteiger partial charge in [-0.25, -0.2) is 0 Å². The van der Waals surface area contributed by atoms with Crippen molar-refractivity contribution in [3.63, 3.8) is 0 Å². The molecule has 94 valence electrons. The fourth-order valence-corrected chi connectivity index (χ4v) is 2.04. The van der Waals surface area contributed by atoms with Crippen molar-refractivity contribution in [1.82, 2.24) is 10.2 Å². The molecule has 1 unspecified atom stereocenters. The summed E-state index contributed by atoms with van der Waals surface area (Å²) in [6, 6.07) is 9.73. The minimum Gasteiger partial charge on any atom is -0.459 e. The van der Waals surface area contributed by atoms with E-state index < -0.39 is 0 Å². The van der Waals surface area contributed by atoms with Crippen molar-refractivity contribution in [3.05, 3.63) is 52.8 Å². The van der Waals surface area contributed by atoms with Crippen LogP contribution in [0.15, 0.2) is 30.3 Å². The van der Waals surface area contributed by atoms with Crippen LogP contribution in [0, 0.1) is 13.8 Å². The number of nitrogens with one attached hydrogen (secondary N) is 1. The lowest BCUT2D eigenvalue weighted by Gasteiger charge is -2.15. The summed E-state index contributed by atoms with van der Waals surface area (Å²) in [6.07, 6.45) is 0.371. The summed E-state index contributed by atoms with van der Waals surface area (Å²) in [6.45, 7) is 4.42. The Balaban J connectivity index is 2.25. The SMILES string of the molecule is Cc1n[nH]c(C)c1CC(OC=O)c1ccccc1. The Hall–Kier alpha value is -2.10. The van der Waals surface area contributed by atoms with Gasteiger partial charge < -0.3 is 4.74 Å². The number of hydrogen-bond donors (Lipinski definition) is 1. The molecule has 1 heterocycles. The number of rotatable bonds is 5. The second-order valence-electron chi connectivity index (χ2n) is 4.25. The topological polar surface area (TPSA) is 55.0 Å². The molecule has 1 N–H and O–H groups in total. The summed E-state index contributed by atoms with van der Waals surface area (Å²) in [5.74, 6) is 0. The highest BCUT2D eigenvalue weighted by Gasteiger charge is 2.17. The number of ether oxygens (including phenoxy) is 1. The number of nitrogens with zero attached hydrogens (tertiary/aromatic N) is 1. The van der Waals surface area contributed by atoms with Crippen LogP contribution in [0.4, 0.5) is 0 Å². The van der Waals surface area contributed by atoms with Crippen LogP contribution in [0.1, 0.15) is 28.6 Å². The number of benzene rings is 1. The summed E-state index contributed by atoms with van der Waals surface area (Å²) in [7, 11) is 0. The molecule has 0 spiro atoms. The highest BCUT2D eigenvalue weighted by atomic mass is 16.5. The van der Waals surface area contributed by atoms with E-state index in [1.54, 1.807) is 0 Å². The molecule has 0 saturated carbocycles. The maximum Gasteiger partial charge on any atom is 0.293 e. The molecular weight excluding hydrogens is 228 g/mol. The monoisotopic (exact) mass is 244 g/mol. The van der Waals surface area contributed by atoms with Gasteiger partial charge >= 0.3 is 0 Å². The fraction of sp³-hybridized carbons (Fsp3) is 0.286. The van der Waals surface area contributed by atoms with E-state index >= 15 is 0 Å². The molecule has 2 rings (SSSR count). The Bertz CT molecular complexity index is 500. The van der Waals surface area contributed by atoms with Gasteiger partial charge in [-0.1, -0.05) is 30.3 Å². The number of aromatic nitrogens is 2. The summed E-state index contributed by atoms with van der Waals surface area (Å²) >= 11 is 0. The number of aryl methyl sites for hydroxylation is 2. The normalized spacial score (nSPS) is 12.1. The highest BCUT2D eigenvalue weighted by Crippen LogP contribution is 2.24. The maximum absolute atomic E-state index is 10.6. The first kappa shape index (κ1) is 12.4. The molecule has 4 nitrogen and oxygen atoms in total. The van der Waals surface area contributed by atoms with Crippen molar-refractivity contribution in [2.24, 2.45) is 0 Å². The summed E-state index contributed by atoms with van der Waals surface area (Å²) < 4.78 is 5.19. The van der Waals surface area contributed by atoms with E-state index in [-0.39, 0.29) is 6.10 Å². The van der Waals surface area contributed by atoms with Crippen LogP contribution >= 0.6 is 0 Å². The second kappa shape index (κ2) is 5.49. The Kier molecular flexibility index (Phi) is 3.77. The zero-order valence-corrected chi connectivity index (χ0v) is 10.5. The summed E-state index contributed by atoms with van der Waals surface area (Å²) in [4.78, 5) is 10.6. The molecule has 0 bridgehead atoms. The standard InChI is InChI=1S/C14H16N2O2/c1-10-13(11(2)16-15-10)8-14(18-9-17)12-6-4-3-5-7-12/h3-7,9,14H,8H2,1-2H3,(H,15,16). The van der Waals surface area contributed by atoms with Crippen LogP contribution in [0.25, 0.3) is 0 Å². The van der Waals surface area contributed by atoms with Crippen LogP contribution < -0.4 is 0 Å². The first-order chi connectivity index (χ1) is 8.72. The molecular formula is C14H16N2O2. The van der Waals surface area contributed by atoms with Crippen molar-refractivity contribution < 1.29 is 9.53 Å². The average molecular weight is 244 g/mol. The van der Waals surface area contributed by atoms with Gasteiger partial charge in [0.2, 0.25) is 0 Å². The van der Waals surface area contributed by atoms with E-state index in [1.165, 1.54) is 0 Å². The zero-order valence-electron chi connectivity index (χ0n) is 10.5. The summed E-state index contributed by atoms with van der Waals surface area (Å²) in [5.41, 5.74) is 4.06. The Morgan fingerprint density at radius 3 is 2.61 bits per heavy atom. The lowest BCUT2D eigenvalue weighted by molar-refractivity contribution is -0.133. The quantitative estimate of drug-likeness (QED) is 0.822. The molecule has 0 aliphatic carbocycles. The predicted octanol–water partition coefficient (Wildman–Crippen LogP) is 2.48. The van der Waals surface area contributed by atoms with E-state index in [1.807, 2.05) is 44.2 Å². The third-order valence-corrected chi connectivity index (χ3v) is 3.06. The van der Waals surface area contributed by atoms with Gasteiger partial charge in [-0.15, -0.1) is 0 Å². The van der Waals surface area contributed by atoms with E-state index in [2.05, 4.69) is 10.2 Å². The molecule has 1 aromatic heterocycles. The van der Waals surface area contributed by atoms with Gasteiger partial charge in [0.15, 0.2) is 0 Å². The van der Waals surface area contributed by atoms with Crippen molar-refractivity contribution in [3.8, 4) is 0 Å². The number of carbonyl (C=O) groups is 1. The molecule has 0 saturated heterocycles. The molecule has 1 aromatic carbocycles. The molecule has 0 fully saturated rings. The minimum atomic E-state index is -0.265. The maximum atomic E-state index is 10.6. The van der Waals surface area contributed by atoms with Crippen molar-refractivity contribution in [1.29, 1.82) is 0 Å². The van der Waals surface area contributed by atoms with E-state index in [9.17, 15) is 4.79 Å². The third kappa shape index (κ3) is 2.59. The van der Waals surface area contributed by atoms with E-state index in [0.29, 0.717) is 12.9 Å². The number of carbonyl (C=O) groups excluding carboxylic acids is 1. The van der Waals surface area contributed by atoms with Crippen LogP contribution in [-0.2, 0) is 16.0 Å². The number of H-pyrrole nitrogens is 1. The molecule has 18 heavy (non-hydrogen) atoms. The largest absolute Gasteiger partial charge is 0.459 e. The molecule has 2 aromatic rings. The van der Waals surface area contributed by atoms with Gasteiger partial charge in [0.1, 0.15) is 6.10 Å². The Morgan fingerprint density at radius 1 is 1.33 bits per heavy atom. The first-order valence-corrected chi connectivity index (χ1v) is 5.87. The molecule has 0 aliphatic heterocycles. The highest BCUT2D eigenvalue weighted by molar-refractivity contribution is 5.39. The van der Waals surface area contributed by atoms with Crippen LogP contribution in [-0.4, -0.2) is 16.7 Å². The van der Waals surface area contributed by atoms with Crippen molar-refractivity contribution in [2.75, 3.05) is 0 Å². The predicted molar refractivity (Wildman–Crippen MR) is 68.1 cm³/mol. The van der Waals surface area contributed by atoms with Crippen molar-refractivity contribution in [2.45, 2.75) is 26.4 Å². The molecule has 1 atom stereocenters. The van der Waals surface area contributed by atoms with Gasteiger partial charge in [-0.3, -0.25) is 9.89 Å². The van der Waals surface area contributed by atoms with Gasteiger partial charge in [-0.05, 0) is 25.0 Å². The fourth-order valence-electron chi connectivity index (χ4n) is 2.04. The van der Waals surface area contributed by atoms with Crippen LogP contribution in [0.5, 0.6) is 0 Å². The Labute approximate surface area is 106 Å². The van der Waals surface area contributed by atoms with E-state index in [4.69, 9.17) is 4.74 Å². The molecule has 0 amide bonds. The lowest BCUT2D eigenvalue weighted by Crippen LogP contribution is -2.08. The second-order valence-corrected chi connectivity index (χ2v) is 4.25. The number of hydrogen-bond acceptors (Lipinski definition) is 3. The number of aromatic amines is 1.